The smallest absolute Gasteiger partial charge is 0.101 e. The van der Waals surface area contributed by atoms with Crippen molar-refractivity contribution in [2.24, 2.45) is 0 Å². The zero-order chi connectivity index (χ0) is 25.2. The van der Waals surface area contributed by atoms with E-state index in [1.807, 2.05) is 0 Å². The quantitative estimate of drug-likeness (QED) is 0.601. The van der Waals surface area contributed by atoms with Gasteiger partial charge in [0.25, 0.3) is 7.05 Å². The molecule has 0 saturated carbocycles. The molecule has 0 aliphatic heterocycles. The Kier molecular flexibility index (Phi) is 2.76. The number of rotatable bonds is 0. The van der Waals surface area contributed by atoms with Gasteiger partial charge in [0.1, 0.15) is 5.56 Å². The predicted molar refractivity (Wildman–Crippen MR) is 103 cm³/mol. The summed E-state index contributed by atoms with van der Waals surface area (Å²) in [5.41, 5.74) is 1.41. The summed E-state index contributed by atoms with van der Waals surface area (Å²) < 4.78 is 69.6. The van der Waals surface area contributed by atoms with Gasteiger partial charge in [-0.05, 0) is 80.9 Å². The lowest BCUT2D eigenvalue weighted by Crippen LogP contribution is -1.92. The van der Waals surface area contributed by atoms with Crippen molar-refractivity contribution in [2.75, 3.05) is 7.05 Å². The summed E-state index contributed by atoms with van der Waals surface area (Å²) >= 11 is 0. The second kappa shape index (κ2) is 7.55. The van der Waals surface area contributed by atoms with E-state index in [2.05, 4.69) is 34.6 Å². The van der Waals surface area contributed by atoms with Gasteiger partial charge in [0.2, 0.25) is 0 Å². The van der Waals surface area contributed by atoms with Crippen LogP contribution < -0.4 is 0 Å². The molecule has 0 fully saturated rings. The highest BCUT2D eigenvalue weighted by Gasteiger charge is 2.06. The molecule has 24 heavy (non-hydrogen) atoms. The van der Waals surface area contributed by atoms with E-state index in [-0.39, 0.29) is 27.8 Å². The van der Waals surface area contributed by atoms with Gasteiger partial charge >= 0.3 is 6.07 Å². The molecule has 2 rings (SSSR count). The monoisotopic (exact) mass is 321 g/mol. The number of benzene rings is 2. The lowest BCUT2D eigenvalue weighted by molar-refractivity contribution is 1.31. The van der Waals surface area contributed by atoms with Crippen LogP contribution in [-0.2, 0) is 0 Å². The van der Waals surface area contributed by atoms with Crippen molar-refractivity contribution in [1.82, 2.24) is 0 Å². The van der Waals surface area contributed by atoms with Crippen LogP contribution in [0.4, 0.5) is 0 Å². The first-order valence-corrected chi connectivity index (χ1v) is 7.23. The summed E-state index contributed by atoms with van der Waals surface area (Å²) in [4.78, 5) is 3.85. The molecule has 0 spiro atoms. The van der Waals surface area contributed by atoms with E-state index in [4.69, 9.17) is 12.3 Å². The molecular weight excluding hydrogens is 290 g/mol. The van der Waals surface area contributed by atoms with Gasteiger partial charge in [-0.2, -0.15) is 0 Å². The van der Waals surface area contributed by atoms with Crippen LogP contribution in [0, 0.1) is 57.2 Å². The SMILES string of the molecule is [2H]C([2H])([2H])c1cc(C#[N+]C)c(C#Cc2cc(C([2H])([2H])[2H])c(C([2H])([2H])[2H])cc2C#CC)cc1C. The van der Waals surface area contributed by atoms with Crippen molar-refractivity contribution < 1.29 is 12.3 Å². The summed E-state index contributed by atoms with van der Waals surface area (Å²) in [5.74, 6) is 11.3. The minimum Gasteiger partial charge on any atom is -0.101 e. The van der Waals surface area contributed by atoms with Crippen LogP contribution in [0.1, 0.15) is 63.8 Å². The molecule has 0 N–H and O–H groups in total. The van der Waals surface area contributed by atoms with Crippen molar-refractivity contribution in [3.05, 3.63) is 73.6 Å². The van der Waals surface area contributed by atoms with Crippen LogP contribution in [-0.4, -0.2) is 7.05 Å². The van der Waals surface area contributed by atoms with E-state index in [0.29, 0.717) is 16.7 Å². The number of nitrogens with zero attached hydrogens (tertiary/aromatic N) is 1. The Balaban J connectivity index is 2.82. The van der Waals surface area contributed by atoms with Crippen LogP contribution in [0.5, 0.6) is 0 Å². The summed E-state index contributed by atoms with van der Waals surface area (Å²) in [6.45, 7) is -4.38. The molecule has 1 heteroatoms. The van der Waals surface area contributed by atoms with Gasteiger partial charge in [-0.3, -0.25) is 0 Å². The third-order valence-electron chi connectivity index (χ3n) is 3.35. The lowest BCUT2D eigenvalue weighted by atomic mass is 9.98. The van der Waals surface area contributed by atoms with E-state index < -0.39 is 20.6 Å². The van der Waals surface area contributed by atoms with Gasteiger partial charge in [-0.1, -0.05) is 22.6 Å². The minimum atomic E-state index is -2.66. The Morgan fingerprint density at radius 1 is 0.750 bits per heavy atom. The first kappa shape index (κ1) is 8.78. The maximum atomic E-state index is 7.78. The molecule has 2 aromatic carbocycles. The molecule has 0 aliphatic carbocycles. The van der Waals surface area contributed by atoms with E-state index in [1.54, 1.807) is 19.9 Å². The van der Waals surface area contributed by atoms with Crippen LogP contribution in [0.3, 0.4) is 0 Å². The molecule has 0 saturated heterocycles. The molecule has 0 amide bonds. The molecule has 0 bridgehead atoms. The van der Waals surface area contributed by atoms with Crippen molar-refractivity contribution in [3.63, 3.8) is 0 Å². The van der Waals surface area contributed by atoms with Crippen molar-refractivity contribution in [1.29, 1.82) is 0 Å². The minimum absolute atomic E-state index is 0.156. The van der Waals surface area contributed by atoms with Crippen molar-refractivity contribution in [2.45, 2.75) is 34.4 Å². The average Bonchev–Trinajstić information content (AvgIpc) is 2.66. The second-order valence-corrected chi connectivity index (χ2v) is 5.12. The van der Waals surface area contributed by atoms with Crippen LogP contribution in [0.2, 0.25) is 0 Å². The topological polar surface area (TPSA) is 4.36 Å². The average molecular weight is 321 g/mol. The van der Waals surface area contributed by atoms with Crippen molar-refractivity contribution in [3.8, 4) is 29.8 Å². The fourth-order valence-electron chi connectivity index (χ4n) is 2.10. The third-order valence-corrected chi connectivity index (χ3v) is 3.35. The molecule has 0 aliphatic rings. The van der Waals surface area contributed by atoms with E-state index >= 15 is 0 Å². The maximum Gasteiger partial charge on any atom is 0.311 e. The fourth-order valence-corrected chi connectivity index (χ4v) is 2.10. The van der Waals surface area contributed by atoms with E-state index in [9.17, 15) is 0 Å². The first-order chi connectivity index (χ1) is 15.1. The highest BCUT2D eigenvalue weighted by atomic mass is 14.6. The predicted octanol–water partition coefficient (Wildman–Crippen LogP) is 5.00. The highest BCUT2D eigenvalue weighted by Crippen LogP contribution is 2.17. The summed E-state index contributed by atoms with van der Waals surface area (Å²) in [7, 11) is 1.50. The Morgan fingerprint density at radius 2 is 1.21 bits per heavy atom. The van der Waals surface area contributed by atoms with Crippen LogP contribution in [0.15, 0.2) is 24.3 Å². The summed E-state index contributed by atoms with van der Waals surface area (Å²) in [6.07, 6.45) is 0. The lowest BCUT2D eigenvalue weighted by Gasteiger charge is -2.04. The molecule has 118 valence electrons. The normalized spacial score (nSPS) is 16.2. The van der Waals surface area contributed by atoms with Gasteiger partial charge in [0, 0.05) is 29.0 Å². The maximum absolute atomic E-state index is 7.78. The summed E-state index contributed by atoms with van der Waals surface area (Å²) in [5, 5.41) is 0. The Morgan fingerprint density at radius 3 is 1.75 bits per heavy atom. The number of hydrogen-bond acceptors (Lipinski definition) is 0. The Hall–Kier alpha value is -2.95. The molecule has 2 aromatic rings. The van der Waals surface area contributed by atoms with Gasteiger partial charge in [0.05, 0.1) is 0 Å². The first-order valence-electron chi connectivity index (χ1n) is 11.7. The van der Waals surface area contributed by atoms with Crippen LogP contribution >= 0.6 is 0 Å². The van der Waals surface area contributed by atoms with Gasteiger partial charge in [-0.25, -0.2) is 0 Å². The zero-order valence-corrected chi connectivity index (χ0v) is 13.8. The highest BCUT2D eigenvalue weighted by molar-refractivity contribution is 5.58. The van der Waals surface area contributed by atoms with Gasteiger partial charge < -0.3 is 0 Å². The molecule has 0 heterocycles. The van der Waals surface area contributed by atoms with Gasteiger partial charge in [-0.15, -0.1) is 5.92 Å². The third kappa shape index (κ3) is 3.87. The molecule has 0 unspecified atom stereocenters. The molecular formula is C23H22N+. The molecule has 1 nitrogen and oxygen atoms in total. The molecule has 0 aromatic heterocycles. The van der Waals surface area contributed by atoms with Crippen molar-refractivity contribution >= 4 is 0 Å². The second-order valence-electron chi connectivity index (χ2n) is 5.12. The Bertz CT molecular complexity index is 1260. The number of aryl methyl sites for hydroxylation is 4. The molecule has 0 radical (unpaired) electrons. The largest absolute Gasteiger partial charge is 0.311 e. The van der Waals surface area contributed by atoms with Gasteiger partial charge in [0.15, 0.2) is 0 Å². The van der Waals surface area contributed by atoms with Crippen LogP contribution in [0.25, 0.3) is 4.85 Å². The summed E-state index contributed by atoms with van der Waals surface area (Å²) in [6, 6.07) is 8.29. The fraction of sp³-hybridized carbons (Fsp3) is 0.261. The molecule has 0 atom stereocenters. The van der Waals surface area contributed by atoms with E-state index in [1.165, 1.54) is 25.2 Å². The number of hydrogen-bond donors (Lipinski definition) is 0. The zero-order valence-electron chi connectivity index (χ0n) is 22.8. The Labute approximate surface area is 158 Å². The van der Waals surface area contributed by atoms with E-state index in [0.717, 1.165) is 0 Å². The standard InChI is InChI=1S/C23H22N/c1-7-8-20-11-16(2)17(3)12-21(20)9-10-22-13-18(4)19(5)14-23(22)15-24-6/h11-14H,1-6H3/q+1/i2D3,3D3,5D3.